The average molecular weight is 296 g/mol. The zero-order valence-electron chi connectivity index (χ0n) is 12.8. The van der Waals surface area contributed by atoms with Gasteiger partial charge in [0.1, 0.15) is 0 Å². The quantitative estimate of drug-likeness (QED) is 0.409. The van der Waals surface area contributed by atoms with Crippen molar-refractivity contribution in [3.8, 4) is 0 Å². The lowest BCUT2D eigenvalue weighted by molar-refractivity contribution is 0.309. The molecule has 2 rings (SSSR count). The van der Waals surface area contributed by atoms with Crippen LogP contribution in [0.1, 0.15) is 19.8 Å². The summed E-state index contributed by atoms with van der Waals surface area (Å²) in [7, 11) is -2.20. The average Bonchev–Trinajstić information content (AvgIpc) is 2.56. The third-order valence-corrected chi connectivity index (χ3v) is 7.85. The lowest BCUT2D eigenvalue weighted by Gasteiger charge is -2.31. The van der Waals surface area contributed by atoms with Crippen molar-refractivity contribution in [1.82, 2.24) is 0 Å². The summed E-state index contributed by atoms with van der Waals surface area (Å²) >= 11 is 0. The van der Waals surface area contributed by atoms with Crippen molar-refractivity contribution in [2.75, 3.05) is 6.61 Å². The van der Waals surface area contributed by atoms with Crippen molar-refractivity contribution < 1.29 is 4.43 Å². The summed E-state index contributed by atoms with van der Waals surface area (Å²) in [6.07, 6.45) is 4.27. The summed E-state index contributed by atoms with van der Waals surface area (Å²) in [5.74, 6) is 0. The second-order valence-electron chi connectivity index (χ2n) is 5.25. The highest BCUT2D eigenvalue weighted by Crippen LogP contribution is 2.15. The maximum absolute atomic E-state index is 6.55. The van der Waals surface area contributed by atoms with Gasteiger partial charge in [0.2, 0.25) is 0 Å². The monoisotopic (exact) mass is 296 g/mol. The Morgan fingerprint density at radius 3 is 1.90 bits per heavy atom. The molecule has 110 valence electrons. The van der Waals surface area contributed by atoms with Gasteiger partial charge in [-0.25, -0.2) is 0 Å². The molecule has 2 aromatic rings. The van der Waals surface area contributed by atoms with Gasteiger partial charge in [0.05, 0.1) is 0 Å². The number of unbranched alkanes of at least 4 members (excludes halogenated alkanes) is 1. The second kappa shape index (κ2) is 7.96. The fourth-order valence-corrected chi connectivity index (χ4v) is 6.25. The van der Waals surface area contributed by atoms with Crippen molar-refractivity contribution in [2.45, 2.75) is 25.8 Å². The minimum absolute atomic E-state index is 0.820. The normalized spacial score (nSPS) is 11.3. The predicted molar refractivity (Wildman–Crippen MR) is 93.8 cm³/mol. The first-order valence-electron chi connectivity index (χ1n) is 7.69. The van der Waals surface area contributed by atoms with Crippen LogP contribution in [0, 0.1) is 0 Å². The zero-order valence-corrected chi connectivity index (χ0v) is 13.8. The summed E-state index contributed by atoms with van der Waals surface area (Å²) in [6.45, 7) is 7.00. The number of allylic oxidation sites excluding steroid dienone is 1. The van der Waals surface area contributed by atoms with Gasteiger partial charge in [0.15, 0.2) is 0 Å². The van der Waals surface area contributed by atoms with Gasteiger partial charge in [-0.05, 0) is 22.8 Å². The SMILES string of the molecule is C=CC[Si](OCCCC)(c1ccccc1)c1ccccc1. The lowest BCUT2D eigenvalue weighted by atomic mass is 10.4. The molecular formula is C19H24OSi. The molecule has 0 aliphatic carbocycles. The van der Waals surface area contributed by atoms with E-state index >= 15 is 0 Å². The predicted octanol–water partition coefficient (Wildman–Crippen LogP) is 3.75. The van der Waals surface area contributed by atoms with Gasteiger partial charge >= 0.3 is 0 Å². The van der Waals surface area contributed by atoms with Gasteiger partial charge in [-0.3, -0.25) is 0 Å². The Hall–Kier alpha value is -1.64. The van der Waals surface area contributed by atoms with Crippen LogP contribution in [-0.2, 0) is 4.43 Å². The summed E-state index contributed by atoms with van der Waals surface area (Å²) in [4.78, 5) is 0. The minimum Gasteiger partial charge on any atom is -0.408 e. The van der Waals surface area contributed by atoms with Gasteiger partial charge in [-0.1, -0.05) is 80.1 Å². The molecule has 0 bridgehead atoms. The van der Waals surface area contributed by atoms with Gasteiger partial charge in [0, 0.05) is 6.61 Å². The van der Waals surface area contributed by atoms with E-state index in [2.05, 4.69) is 74.2 Å². The minimum atomic E-state index is -2.20. The summed E-state index contributed by atoms with van der Waals surface area (Å²) < 4.78 is 6.55. The summed E-state index contributed by atoms with van der Waals surface area (Å²) in [5, 5.41) is 2.65. The van der Waals surface area contributed by atoms with E-state index < -0.39 is 8.32 Å². The number of rotatable bonds is 8. The first-order valence-corrected chi connectivity index (χ1v) is 9.81. The third-order valence-electron chi connectivity index (χ3n) is 3.76. The first-order chi connectivity index (χ1) is 10.3. The molecule has 0 radical (unpaired) electrons. The Morgan fingerprint density at radius 1 is 0.952 bits per heavy atom. The smallest absolute Gasteiger partial charge is 0.259 e. The molecule has 2 heteroatoms. The molecule has 0 spiro atoms. The summed E-state index contributed by atoms with van der Waals surface area (Å²) in [5.41, 5.74) is 0. The molecule has 0 saturated carbocycles. The Morgan fingerprint density at radius 2 is 1.48 bits per heavy atom. The van der Waals surface area contributed by atoms with Gasteiger partial charge in [-0.2, -0.15) is 0 Å². The number of benzene rings is 2. The Labute approximate surface area is 129 Å². The van der Waals surface area contributed by atoms with Crippen LogP contribution in [0.5, 0.6) is 0 Å². The van der Waals surface area contributed by atoms with Gasteiger partial charge in [0.25, 0.3) is 8.32 Å². The molecule has 1 nitrogen and oxygen atoms in total. The molecule has 0 amide bonds. The van der Waals surface area contributed by atoms with Crippen molar-refractivity contribution >= 4 is 18.7 Å². The molecule has 0 fully saturated rings. The van der Waals surface area contributed by atoms with Crippen LogP contribution in [0.4, 0.5) is 0 Å². The van der Waals surface area contributed by atoms with Crippen LogP contribution < -0.4 is 10.4 Å². The molecule has 0 heterocycles. The molecule has 0 aliphatic heterocycles. The van der Waals surface area contributed by atoms with Crippen molar-refractivity contribution in [3.05, 3.63) is 73.3 Å². The van der Waals surface area contributed by atoms with Crippen LogP contribution in [0.15, 0.2) is 73.3 Å². The Balaban J connectivity index is 2.46. The highest BCUT2D eigenvalue weighted by atomic mass is 28.4. The largest absolute Gasteiger partial charge is 0.408 e. The highest BCUT2D eigenvalue weighted by Gasteiger charge is 2.38. The van der Waals surface area contributed by atoms with E-state index in [4.69, 9.17) is 4.43 Å². The van der Waals surface area contributed by atoms with Crippen LogP contribution >= 0.6 is 0 Å². The molecular weight excluding hydrogens is 272 g/mol. The van der Waals surface area contributed by atoms with E-state index in [-0.39, 0.29) is 0 Å². The molecule has 0 N–H and O–H groups in total. The van der Waals surface area contributed by atoms with E-state index in [0.717, 1.165) is 25.5 Å². The van der Waals surface area contributed by atoms with Crippen molar-refractivity contribution in [2.24, 2.45) is 0 Å². The van der Waals surface area contributed by atoms with Gasteiger partial charge < -0.3 is 4.43 Å². The van der Waals surface area contributed by atoms with E-state index in [1.165, 1.54) is 10.4 Å². The fourth-order valence-electron chi connectivity index (χ4n) is 2.64. The maximum atomic E-state index is 6.55. The van der Waals surface area contributed by atoms with Crippen LogP contribution in [-0.4, -0.2) is 14.9 Å². The van der Waals surface area contributed by atoms with Gasteiger partial charge in [-0.15, -0.1) is 6.58 Å². The van der Waals surface area contributed by atoms with E-state index in [9.17, 15) is 0 Å². The van der Waals surface area contributed by atoms with Crippen molar-refractivity contribution in [1.29, 1.82) is 0 Å². The lowest BCUT2D eigenvalue weighted by Crippen LogP contribution is -2.60. The Kier molecular flexibility index (Phi) is 5.97. The highest BCUT2D eigenvalue weighted by molar-refractivity contribution is 6.97. The standard InChI is InChI=1S/C19H24OSi/c1-3-5-16-20-21(17-4-2,18-12-8-6-9-13-18)19-14-10-7-11-15-19/h4,6-15H,2-3,5,16-17H2,1H3. The molecule has 21 heavy (non-hydrogen) atoms. The summed E-state index contributed by atoms with van der Waals surface area (Å²) in [6, 6.07) is 22.3. The maximum Gasteiger partial charge on any atom is 0.259 e. The zero-order chi connectivity index (χ0) is 15.0. The Bertz CT molecular complexity index is 497. The van der Waals surface area contributed by atoms with E-state index in [1.807, 2.05) is 6.08 Å². The number of hydrogen-bond donors (Lipinski definition) is 0. The molecule has 0 aromatic heterocycles. The van der Waals surface area contributed by atoms with Crippen LogP contribution in [0.25, 0.3) is 0 Å². The van der Waals surface area contributed by atoms with Crippen molar-refractivity contribution in [3.63, 3.8) is 0 Å². The van der Waals surface area contributed by atoms with Crippen LogP contribution in [0.3, 0.4) is 0 Å². The van der Waals surface area contributed by atoms with E-state index in [1.54, 1.807) is 0 Å². The van der Waals surface area contributed by atoms with Crippen LogP contribution in [0.2, 0.25) is 6.04 Å². The second-order valence-corrected chi connectivity index (χ2v) is 8.76. The third kappa shape index (κ3) is 3.72. The molecule has 0 atom stereocenters. The number of hydrogen-bond acceptors (Lipinski definition) is 1. The fraction of sp³-hybridized carbons (Fsp3) is 0.263. The molecule has 0 aliphatic rings. The first kappa shape index (κ1) is 15.7. The molecule has 0 saturated heterocycles. The van der Waals surface area contributed by atoms with E-state index in [0.29, 0.717) is 0 Å². The topological polar surface area (TPSA) is 9.23 Å². The molecule has 2 aromatic carbocycles. The molecule has 0 unspecified atom stereocenters.